The van der Waals surface area contributed by atoms with Crippen molar-refractivity contribution in [2.24, 2.45) is 0 Å². The number of nitrogens with zero attached hydrogens (tertiary/aromatic N) is 1. The van der Waals surface area contributed by atoms with E-state index in [1.807, 2.05) is 0 Å². The highest BCUT2D eigenvalue weighted by molar-refractivity contribution is 8.00. The molecule has 5 heteroatoms. The van der Waals surface area contributed by atoms with Crippen molar-refractivity contribution in [2.45, 2.75) is 35.4 Å². The molecule has 0 amide bonds. The summed E-state index contributed by atoms with van der Waals surface area (Å²) >= 11 is 1.61. The first-order valence-corrected chi connectivity index (χ1v) is 7.24. The fourth-order valence-electron chi connectivity index (χ4n) is 0.960. The van der Waals surface area contributed by atoms with Crippen molar-refractivity contribution in [1.29, 1.82) is 0 Å². The van der Waals surface area contributed by atoms with Gasteiger partial charge in [0.05, 0.1) is 9.92 Å². The predicted molar refractivity (Wildman–Crippen MR) is 63.0 cm³/mol. The van der Waals surface area contributed by atoms with Gasteiger partial charge in [0.1, 0.15) is 0 Å². The molecular weight excluding hydrogens is 230 g/mol. The summed E-state index contributed by atoms with van der Waals surface area (Å²) in [6, 6.07) is 3.34. The summed E-state index contributed by atoms with van der Waals surface area (Å²) < 4.78 is 22.4. The lowest BCUT2D eigenvalue weighted by Gasteiger charge is -2.16. The van der Waals surface area contributed by atoms with Gasteiger partial charge in [-0.1, -0.05) is 20.8 Å². The zero-order valence-corrected chi connectivity index (χ0v) is 10.9. The first kappa shape index (κ1) is 12.5. The molecule has 0 bridgehead atoms. The van der Waals surface area contributed by atoms with E-state index in [4.69, 9.17) is 0 Å². The molecule has 0 spiro atoms. The Morgan fingerprint density at radius 1 is 1.27 bits per heavy atom. The minimum atomic E-state index is -3.14. The number of aromatic nitrogens is 1. The van der Waals surface area contributed by atoms with Gasteiger partial charge in [0.25, 0.3) is 0 Å². The first-order chi connectivity index (χ1) is 6.68. The number of thioether (sulfide) groups is 1. The highest BCUT2D eigenvalue weighted by atomic mass is 32.2. The Balaban J connectivity index is 2.92. The number of hydrogen-bond acceptors (Lipinski definition) is 4. The van der Waals surface area contributed by atoms with Crippen LogP contribution in [0.5, 0.6) is 0 Å². The average molecular weight is 245 g/mol. The van der Waals surface area contributed by atoms with Crippen LogP contribution in [0.15, 0.2) is 28.3 Å². The van der Waals surface area contributed by atoms with E-state index >= 15 is 0 Å². The molecule has 0 saturated carbocycles. The molecule has 0 aliphatic rings. The Kier molecular flexibility index (Phi) is 3.45. The van der Waals surface area contributed by atoms with Crippen LogP contribution in [0.4, 0.5) is 0 Å². The van der Waals surface area contributed by atoms with E-state index in [0.717, 1.165) is 5.03 Å². The van der Waals surface area contributed by atoms with Crippen LogP contribution in [0.3, 0.4) is 0 Å². The summed E-state index contributed by atoms with van der Waals surface area (Å²) in [7, 11) is -3.14. The van der Waals surface area contributed by atoms with Crippen molar-refractivity contribution in [1.82, 2.24) is 4.98 Å². The molecule has 0 fully saturated rings. The maximum Gasteiger partial charge on any atom is 0.177 e. The van der Waals surface area contributed by atoms with Crippen LogP contribution in [0.2, 0.25) is 0 Å². The van der Waals surface area contributed by atoms with Crippen LogP contribution in [0.1, 0.15) is 20.8 Å². The van der Waals surface area contributed by atoms with Crippen molar-refractivity contribution < 1.29 is 8.42 Å². The Bertz CT molecular complexity index is 429. The van der Waals surface area contributed by atoms with Gasteiger partial charge in [-0.15, -0.1) is 11.8 Å². The van der Waals surface area contributed by atoms with Gasteiger partial charge < -0.3 is 0 Å². The van der Waals surface area contributed by atoms with Gasteiger partial charge in [0.2, 0.25) is 0 Å². The van der Waals surface area contributed by atoms with Gasteiger partial charge in [0, 0.05) is 17.2 Å². The summed E-state index contributed by atoms with van der Waals surface area (Å²) in [5, 5.41) is 0.843. The topological polar surface area (TPSA) is 47.0 Å². The molecule has 0 aromatic carbocycles. The SMILES string of the molecule is CC(C)(C)Sc1ccc(S(C)(=O)=O)cn1. The zero-order chi connectivity index (χ0) is 11.7. The summed E-state index contributed by atoms with van der Waals surface area (Å²) in [5.41, 5.74) is 0. The van der Waals surface area contributed by atoms with E-state index in [1.54, 1.807) is 23.9 Å². The van der Waals surface area contributed by atoms with Crippen LogP contribution < -0.4 is 0 Å². The van der Waals surface area contributed by atoms with E-state index < -0.39 is 9.84 Å². The lowest BCUT2D eigenvalue weighted by atomic mass is 10.3. The lowest BCUT2D eigenvalue weighted by molar-refractivity contribution is 0.601. The van der Waals surface area contributed by atoms with E-state index in [0.29, 0.717) is 0 Å². The zero-order valence-electron chi connectivity index (χ0n) is 9.31. The van der Waals surface area contributed by atoms with Gasteiger partial charge >= 0.3 is 0 Å². The maximum atomic E-state index is 11.2. The second kappa shape index (κ2) is 4.14. The van der Waals surface area contributed by atoms with Gasteiger partial charge in [-0.3, -0.25) is 0 Å². The van der Waals surface area contributed by atoms with Crippen LogP contribution in [0.25, 0.3) is 0 Å². The third kappa shape index (κ3) is 4.22. The molecule has 0 radical (unpaired) electrons. The summed E-state index contributed by atoms with van der Waals surface area (Å²) in [5.74, 6) is 0. The van der Waals surface area contributed by atoms with E-state index in [-0.39, 0.29) is 9.64 Å². The molecule has 1 heterocycles. The summed E-state index contributed by atoms with van der Waals surface area (Å²) in [6.45, 7) is 6.26. The molecule has 1 aromatic rings. The van der Waals surface area contributed by atoms with Gasteiger partial charge in [0.15, 0.2) is 9.84 Å². The second-order valence-electron chi connectivity index (χ2n) is 4.32. The Labute approximate surface area is 95.2 Å². The molecule has 15 heavy (non-hydrogen) atoms. The predicted octanol–water partition coefficient (Wildman–Crippen LogP) is 2.38. The molecule has 0 saturated heterocycles. The van der Waals surface area contributed by atoms with E-state index in [2.05, 4.69) is 25.8 Å². The molecule has 0 aliphatic carbocycles. The van der Waals surface area contributed by atoms with Crippen LogP contribution in [0, 0.1) is 0 Å². The minimum absolute atomic E-state index is 0.0829. The molecule has 0 unspecified atom stereocenters. The van der Waals surface area contributed by atoms with E-state index in [1.165, 1.54) is 12.5 Å². The summed E-state index contributed by atoms with van der Waals surface area (Å²) in [6.07, 6.45) is 2.59. The van der Waals surface area contributed by atoms with Crippen LogP contribution >= 0.6 is 11.8 Å². The Hall–Kier alpha value is -0.550. The van der Waals surface area contributed by atoms with Crippen molar-refractivity contribution in [3.63, 3.8) is 0 Å². The van der Waals surface area contributed by atoms with Gasteiger partial charge in [-0.25, -0.2) is 13.4 Å². The number of sulfone groups is 1. The van der Waals surface area contributed by atoms with Crippen LogP contribution in [-0.4, -0.2) is 24.4 Å². The van der Waals surface area contributed by atoms with E-state index in [9.17, 15) is 8.42 Å². The van der Waals surface area contributed by atoms with Crippen molar-refractivity contribution >= 4 is 21.6 Å². The number of pyridine rings is 1. The largest absolute Gasteiger partial charge is 0.249 e. The molecular formula is C10H15NO2S2. The van der Waals surface area contributed by atoms with Crippen molar-refractivity contribution in [3.8, 4) is 0 Å². The third-order valence-electron chi connectivity index (χ3n) is 1.55. The molecule has 84 valence electrons. The summed E-state index contributed by atoms with van der Waals surface area (Å²) in [4.78, 5) is 4.38. The fraction of sp³-hybridized carbons (Fsp3) is 0.500. The van der Waals surface area contributed by atoms with Gasteiger partial charge in [-0.05, 0) is 12.1 Å². The first-order valence-electron chi connectivity index (χ1n) is 4.54. The highest BCUT2D eigenvalue weighted by Crippen LogP contribution is 2.30. The van der Waals surface area contributed by atoms with Crippen molar-refractivity contribution in [2.75, 3.05) is 6.26 Å². The highest BCUT2D eigenvalue weighted by Gasteiger charge is 2.14. The third-order valence-corrected chi connectivity index (χ3v) is 3.71. The quantitative estimate of drug-likeness (QED) is 0.751. The number of rotatable bonds is 2. The standard InChI is InChI=1S/C10H15NO2S2/c1-10(2,3)14-9-6-5-8(7-11-9)15(4,12)13/h5-7H,1-4H3. The molecule has 3 nitrogen and oxygen atoms in total. The minimum Gasteiger partial charge on any atom is -0.249 e. The molecule has 0 N–H and O–H groups in total. The molecule has 0 aliphatic heterocycles. The lowest BCUT2D eigenvalue weighted by Crippen LogP contribution is -2.07. The molecule has 0 atom stereocenters. The fourth-order valence-corrected chi connectivity index (χ4v) is 2.39. The second-order valence-corrected chi connectivity index (χ2v) is 8.18. The smallest absolute Gasteiger partial charge is 0.177 e. The van der Waals surface area contributed by atoms with Crippen molar-refractivity contribution in [3.05, 3.63) is 18.3 Å². The normalized spacial score (nSPS) is 12.8. The Morgan fingerprint density at radius 3 is 2.20 bits per heavy atom. The van der Waals surface area contributed by atoms with Crippen LogP contribution in [-0.2, 0) is 9.84 Å². The monoisotopic (exact) mass is 245 g/mol. The maximum absolute atomic E-state index is 11.2. The average Bonchev–Trinajstić information content (AvgIpc) is 2.00. The van der Waals surface area contributed by atoms with Gasteiger partial charge in [-0.2, -0.15) is 0 Å². The number of hydrogen-bond donors (Lipinski definition) is 0. The Morgan fingerprint density at radius 2 is 1.87 bits per heavy atom. The molecule has 1 rings (SSSR count). The molecule has 1 aromatic heterocycles.